The molecule has 0 saturated carbocycles. The molecule has 0 aliphatic carbocycles. The van der Waals surface area contributed by atoms with Crippen LogP contribution in [0.3, 0.4) is 0 Å². The van der Waals surface area contributed by atoms with Crippen molar-refractivity contribution >= 4 is 48.7 Å². The number of nitrogens with zero attached hydrogens (tertiary/aromatic N) is 4. The number of hydrogen-bond acceptors (Lipinski definition) is 9. The fraction of sp³-hybridized carbons (Fsp3) is 0.348. The Bertz CT molecular complexity index is 1520. The van der Waals surface area contributed by atoms with Crippen molar-refractivity contribution in [2.24, 2.45) is 0 Å². The minimum absolute atomic E-state index is 0.0113. The quantitative estimate of drug-likeness (QED) is 0.325. The van der Waals surface area contributed by atoms with Gasteiger partial charge in [0.1, 0.15) is 5.76 Å². The normalized spacial score (nSPS) is 12.1. The van der Waals surface area contributed by atoms with Crippen LogP contribution >= 0.6 is 11.3 Å². The van der Waals surface area contributed by atoms with Gasteiger partial charge in [0.2, 0.25) is 16.0 Å². The SMILES string of the molecule is CCNC(=O)Nc1nc2cc(-c3cnc(NS(=O)(=O)C(C)(C)C)nc3)cc(-c3c(C)noc3C)c2s1. The molecule has 0 saturated heterocycles. The smallest absolute Gasteiger partial charge is 0.321 e. The summed E-state index contributed by atoms with van der Waals surface area (Å²) in [6.45, 7) is 10.8. The van der Waals surface area contributed by atoms with E-state index < -0.39 is 14.8 Å². The number of aryl methyl sites for hydroxylation is 2. The molecule has 0 unspecified atom stereocenters. The van der Waals surface area contributed by atoms with Crippen molar-refractivity contribution in [2.75, 3.05) is 16.6 Å². The number of nitrogens with one attached hydrogen (secondary N) is 3. The molecule has 11 nitrogen and oxygen atoms in total. The zero-order chi connectivity index (χ0) is 26.3. The third-order valence-electron chi connectivity index (χ3n) is 5.37. The molecule has 2 amide bonds. The topological polar surface area (TPSA) is 152 Å². The fourth-order valence-electron chi connectivity index (χ4n) is 3.41. The summed E-state index contributed by atoms with van der Waals surface area (Å²) in [5, 5.41) is 9.99. The highest BCUT2D eigenvalue weighted by atomic mass is 32.2. The first-order valence-corrected chi connectivity index (χ1v) is 13.5. The van der Waals surface area contributed by atoms with Gasteiger partial charge in [-0.1, -0.05) is 16.5 Å². The van der Waals surface area contributed by atoms with Crippen molar-refractivity contribution in [2.45, 2.75) is 46.3 Å². The molecule has 3 heterocycles. The lowest BCUT2D eigenvalue weighted by atomic mass is 9.98. The molecule has 1 aromatic carbocycles. The maximum Gasteiger partial charge on any atom is 0.321 e. The summed E-state index contributed by atoms with van der Waals surface area (Å²) >= 11 is 1.35. The Hall–Kier alpha value is -3.58. The van der Waals surface area contributed by atoms with Gasteiger partial charge in [0.05, 0.1) is 20.7 Å². The summed E-state index contributed by atoms with van der Waals surface area (Å²) in [6, 6.07) is 3.49. The lowest BCUT2D eigenvalue weighted by Gasteiger charge is -2.19. The van der Waals surface area contributed by atoms with Crippen LogP contribution in [0.1, 0.15) is 39.1 Å². The predicted octanol–water partition coefficient (Wildman–Crippen LogP) is 4.71. The molecule has 190 valence electrons. The van der Waals surface area contributed by atoms with E-state index in [-0.39, 0.29) is 12.0 Å². The number of thiazole rings is 1. The lowest BCUT2D eigenvalue weighted by Crippen LogP contribution is -2.34. The van der Waals surface area contributed by atoms with Gasteiger partial charge in [-0.3, -0.25) is 10.0 Å². The van der Waals surface area contributed by atoms with Gasteiger partial charge in [0.15, 0.2) is 5.13 Å². The van der Waals surface area contributed by atoms with Gasteiger partial charge >= 0.3 is 6.03 Å². The van der Waals surface area contributed by atoms with Gasteiger partial charge in [0, 0.05) is 35.6 Å². The Morgan fingerprint density at radius 2 is 1.81 bits per heavy atom. The van der Waals surface area contributed by atoms with Crippen LogP contribution < -0.4 is 15.4 Å². The van der Waals surface area contributed by atoms with Gasteiger partial charge < -0.3 is 9.84 Å². The van der Waals surface area contributed by atoms with E-state index in [2.05, 4.69) is 35.5 Å². The van der Waals surface area contributed by atoms with Crippen molar-refractivity contribution < 1.29 is 17.7 Å². The number of rotatable bonds is 6. The highest BCUT2D eigenvalue weighted by Crippen LogP contribution is 2.40. The number of fused-ring (bicyclic) bond motifs is 1. The van der Waals surface area contributed by atoms with Crippen LogP contribution in [0.4, 0.5) is 15.9 Å². The van der Waals surface area contributed by atoms with Gasteiger partial charge in [-0.2, -0.15) is 0 Å². The maximum atomic E-state index is 12.4. The van der Waals surface area contributed by atoms with E-state index in [0.29, 0.717) is 28.5 Å². The Kier molecular flexibility index (Phi) is 6.71. The van der Waals surface area contributed by atoms with Crippen LogP contribution in [-0.4, -0.2) is 45.8 Å². The number of urea groups is 1. The van der Waals surface area contributed by atoms with E-state index in [1.54, 1.807) is 33.2 Å². The van der Waals surface area contributed by atoms with Crippen molar-refractivity contribution in [3.8, 4) is 22.3 Å². The first-order chi connectivity index (χ1) is 16.9. The molecule has 4 aromatic rings. The Labute approximate surface area is 212 Å². The van der Waals surface area contributed by atoms with Crippen LogP contribution in [0.2, 0.25) is 0 Å². The monoisotopic (exact) mass is 529 g/mol. The van der Waals surface area contributed by atoms with Crippen LogP contribution in [-0.2, 0) is 10.0 Å². The highest BCUT2D eigenvalue weighted by molar-refractivity contribution is 7.94. The summed E-state index contributed by atoms with van der Waals surface area (Å²) in [4.78, 5) is 25.1. The van der Waals surface area contributed by atoms with Crippen molar-refractivity contribution in [3.63, 3.8) is 0 Å². The number of hydrogen-bond donors (Lipinski definition) is 3. The van der Waals surface area contributed by atoms with E-state index in [1.807, 2.05) is 32.9 Å². The number of aromatic nitrogens is 4. The zero-order valence-corrected chi connectivity index (χ0v) is 22.4. The van der Waals surface area contributed by atoms with Gasteiger partial charge in [0.25, 0.3) is 0 Å². The Morgan fingerprint density at radius 3 is 2.39 bits per heavy atom. The third kappa shape index (κ3) is 5.02. The number of carbonyl (C=O) groups excluding carboxylic acids is 1. The van der Waals surface area contributed by atoms with E-state index in [4.69, 9.17) is 4.52 Å². The average molecular weight is 530 g/mol. The molecule has 0 spiro atoms. The molecule has 13 heteroatoms. The summed E-state index contributed by atoms with van der Waals surface area (Å²) in [7, 11) is -3.66. The molecule has 0 atom stereocenters. The lowest BCUT2D eigenvalue weighted by molar-refractivity contribution is 0.252. The van der Waals surface area contributed by atoms with E-state index in [1.165, 1.54) is 11.3 Å². The summed E-state index contributed by atoms with van der Waals surface area (Å²) in [6.07, 6.45) is 3.10. The molecule has 4 rings (SSSR count). The van der Waals surface area contributed by atoms with Crippen LogP contribution in [0.15, 0.2) is 29.0 Å². The predicted molar refractivity (Wildman–Crippen MR) is 141 cm³/mol. The Morgan fingerprint density at radius 1 is 1.11 bits per heavy atom. The Balaban J connectivity index is 1.78. The van der Waals surface area contributed by atoms with E-state index in [9.17, 15) is 13.2 Å². The minimum atomic E-state index is -3.66. The number of sulfonamides is 1. The summed E-state index contributed by atoms with van der Waals surface area (Å²) in [5.41, 5.74) is 4.49. The largest absolute Gasteiger partial charge is 0.361 e. The molecule has 0 bridgehead atoms. The van der Waals surface area contributed by atoms with Gasteiger partial charge in [-0.25, -0.2) is 28.2 Å². The van der Waals surface area contributed by atoms with Gasteiger partial charge in [-0.15, -0.1) is 0 Å². The molecule has 0 radical (unpaired) electrons. The first-order valence-electron chi connectivity index (χ1n) is 11.2. The first kappa shape index (κ1) is 25.5. The third-order valence-corrected chi connectivity index (χ3v) is 8.45. The zero-order valence-electron chi connectivity index (χ0n) is 20.8. The molecular formula is C23H27N7O4S2. The second-order valence-corrected chi connectivity index (χ2v) is 12.5. The van der Waals surface area contributed by atoms with Crippen LogP contribution in [0.25, 0.3) is 32.5 Å². The fourth-order valence-corrected chi connectivity index (χ4v) is 5.02. The van der Waals surface area contributed by atoms with Crippen LogP contribution in [0.5, 0.6) is 0 Å². The molecule has 36 heavy (non-hydrogen) atoms. The highest BCUT2D eigenvalue weighted by Gasteiger charge is 2.29. The summed E-state index contributed by atoms with van der Waals surface area (Å²) < 4.78 is 32.5. The van der Waals surface area contributed by atoms with Crippen molar-refractivity contribution in [1.29, 1.82) is 0 Å². The molecular weight excluding hydrogens is 502 g/mol. The second-order valence-electron chi connectivity index (χ2n) is 9.09. The second kappa shape index (κ2) is 9.47. The van der Waals surface area contributed by atoms with Crippen LogP contribution in [0, 0.1) is 13.8 Å². The minimum Gasteiger partial charge on any atom is -0.361 e. The number of anilines is 2. The number of benzene rings is 1. The molecule has 3 aromatic heterocycles. The molecule has 3 N–H and O–H groups in total. The average Bonchev–Trinajstić information content (AvgIpc) is 3.34. The molecule has 0 fully saturated rings. The number of carbonyl (C=O) groups is 1. The molecule has 0 aliphatic rings. The van der Waals surface area contributed by atoms with Crippen molar-refractivity contribution in [3.05, 3.63) is 36.0 Å². The van der Waals surface area contributed by atoms with E-state index in [0.717, 1.165) is 27.1 Å². The summed E-state index contributed by atoms with van der Waals surface area (Å²) in [5.74, 6) is 0.642. The maximum absolute atomic E-state index is 12.4. The molecule has 0 aliphatic heterocycles. The van der Waals surface area contributed by atoms with E-state index >= 15 is 0 Å². The standard InChI is InChI=1S/C23H27N7O4S2/c1-7-24-21(31)28-22-27-17-9-14(8-16(19(17)35-22)18-12(2)29-34-13(18)3)15-10-25-20(26-11-15)30-36(32,33)23(4,5)6/h8-11H,7H2,1-6H3,(H,25,26,30)(H2,24,27,28,31). The van der Waals surface area contributed by atoms with Gasteiger partial charge in [-0.05, 0) is 59.2 Å². The number of amides is 2. The van der Waals surface area contributed by atoms with Crippen molar-refractivity contribution in [1.82, 2.24) is 25.4 Å².